The zero-order valence-corrected chi connectivity index (χ0v) is 12.6. The van der Waals surface area contributed by atoms with Crippen LogP contribution in [0.4, 0.5) is 4.39 Å². The van der Waals surface area contributed by atoms with Crippen molar-refractivity contribution in [2.45, 2.75) is 13.5 Å². The lowest BCUT2D eigenvalue weighted by molar-refractivity contribution is 0.355. The molecule has 0 saturated heterocycles. The van der Waals surface area contributed by atoms with Gasteiger partial charge >= 0.3 is 0 Å². The van der Waals surface area contributed by atoms with Crippen LogP contribution in [0.2, 0.25) is 0 Å². The second-order valence-corrected chi connectivity index (χ2v) is 4.66. The molecule has 0 atom stereocenters. The molecule has 0 fully saturated rings. The maximum absolute atomic E-state index is 14.1. The van der Waals surface area contributed by atoms with E-state index in [2.05, 4.69) is 5.32 Å². The topological polar surface area (TPSA) is 30.5 Å². The third-order valence-corrected chi connectivity index (χ3v) is 3.30. The van der Waals surface area contributed by atoms with Crippen molar-refractivity contribution < 1.29 is 13.9 Å². The van der Waals surface area contributed by atoms with Crippen molar-refractivity contribution >= 4 is 0 Å². The Labute approximate surface area is 124 Å². The highest BCUT2D eigenvalue weighted by molar-refractivity contribution is 5.68. The molecule has 0 amide bonds. The van der Waals surface area contributed by atoms with Crippen molar-refractivity contribution in [2.24, 2.45) is 0 Å². The Morgan fingerprint density at radius 2 is 1.76 bits per heavy atom. The largest absolute Gasteiger partial charge is 0.493 e. The highest BCUT2D eigenvalue weighted by Gasteiger charge is 2.10. The molecule has 0 unspecified atom stereocenters. The van der Waals surface area contributed by atoms with E-state index in [-0.39, 0.29) is 5.82 Å². The SMILES string of the molecule is CCNCc1ccc(F)c(-c2ccc(OC)c(OC)c2)c1. The number of halogens is 1. The van der Waals surface area contributed by atoms with Crippen LogP contribution >= 0.6 is 0 Å². The molecule has 2 aromatic rings. The fourth-order valence-corrected chi connectivity index (χ4v) is 2.18. The summed E-state index contributed by atoms with van der Waals surface area (Å²) in [7, 11) is 3.15. The molecule has 21 heavy (non-hydrogen) atoms. The minimum Gasteiger partial charge on any atom is -0.493 e. The lowest BCUT2D eigenvalue weighted by atomic mass is 10.0. The van der Waals surface area contributed by atoms with Crippen LogP contribution in [0.15, 0.2) is 36.4 Å². The number of hydrogen-bond acceptors (Lipinski definition) is 3. The Bertz CT molecular complexity index is 614. The van der Waals surface area contributed by atoms with Crippen molar-refractivity contribution in [3.8, 4) is 22.6 Å². The molecular weight excluding hydrogens is 269 g/mol. The normalized spacial score (nSPS) is 10.5. The van der Waals surface area contributed by atoms with Gasteiger partial charge in [0.25, 0.3) is 0 Å². The lowest BCUT2D eigenvalue weighted by Crippen LogP contribution is -2.11. The Kier molecular flexibility index (Phi) is 5.17. The van der Waals surface area contributed by atoms with Gasteiger partial charge in [-0.1, -0.05) is 19.1 Å². The van der Waals surface area contributed by atoms with Crippen LogP contribution in [0, 0.1) is 5.82 Å². The summed E-state index contributed by atoms with van der Waals surface area (Å²) in [5.74, 6) is 0.972. The molecule has 0 aliphatic carbocycles. The molecule has 1 N–H and O–H groups in total. The van der Waals surface area contributed by atoms with E-state index in [1.807, 2.05) is 19.1 Å². The molecule has 0 bridgehead atoms. The first kappa shape index (κ1) is 15.3. The van der Waals surface area contributed by atoms with Gasteiger partial charge in [0.2, 0.25) is 0 Å². The summed E-state index contributed by atoms with van der Waals surface area (Å²) in [5, 5.41) is 3.24. The minimum absolute atomic E-state index is 0.248. The van der Waals surface area contributed by atoms with Gasteiger partial charge in [-0.25, -0.2) is 4.39 Å². The van der Waals surface area contributed by atoms with Gasteiger partial charge in [-0.15, -0.1) is 0 Å². The van der Waals surface area contributed by atoms with Crippen LogP contribution in [0.25, 0.3) is 11.1 Å². The van der Waals surface area contributed by atoms with Crippen molar-refractivity contribution in [2.75, 3.05) is 20.8 Å². The average molecular weight is 289 g/mol. The predicted octanol–water partition coefficient (Wildman–Crippen LogP) is 3.62. The van der Waals surface area contributed by atoms with E-state index in [9.17, 15) is 4.39 Å². The Morgan fingerprint density at radius 3 is 2.43 bits per heavy atom. The minimum atomic E-state index is -0.248. The molecule has 112 valence electrons. The van der Waals surface area contributed by atoms with E-state index in [1.165, 1.54) is 6.07 Å². The van der Waals surface area contributed by atoms with Crippen molar-refractivity contribution in [1.29, 1.82) is 0 Å². The maximum atomic E-state index is 14.1. The zero-order valence-electron chi connectivity index (χ0n) is 12.6. The number of hydrogen-bond donors (Lipinski definition) is 1. The first-order chi connectivity index (χ1) is 10.2. The van der Waals surface area contributed by atoms with Crippen molar-refractivity contribution in [3.05, 3.63) is 47.8 Å². The van der Waals surface area contributed by atoms with Gasteiger partial charge in [-0.3, -0.25) is 0 Å². The summed E-state index contributed by atoms with van der Waals surface area (Å²) < 4.78 is 24.6. The van der Waals surface area contributed by atoms with Crippen LogP contribution < -0.4 is 14.8 Å². The molecule has 0 heterocycles. The molecule has 3 nitrogen and oxygen atoms in total. The molecule has 0 aliphatic rings. The second-order valence-electron chi connectivity index (χ2n) is 4.66. The molecule has 2 aromatic carbocycles. The zero-order chi connectivity index (χ0) is 15.2. The van der Waals surface area contributed by atoms with E-state index in [0.29, 0.717) is 17.1 Å². The van der Waals surface area contributed by atoms with Crippen LogP contribution in [0.5, 0.6) is 11.5 Å². The van der Waals surface area contributed by atoms with Gasteiger partial charge in [-0.2, -0.15) is 0 Å². The quantitative estimate of drug-likeness (QED) is 0.881. The maximum Gasteiger partial charge on any atom is 0.161 e. The van der Waals surface area contributed by atoms with Gasteiger partial charge in [-0.05, 0) is 41.9 Å². The van der Waals surface area contributed by atoms with Gasteiger partial charge in [0.15, 0.2) is 11.5 Å². The van der Waals surface area contributed by atoms with Crippen LogP contribution in [0.3, 0.4) is 0 Å². The fraction of sp³-hybridized carbons (Fsp3) is 0.294. The molecule has 0 aromatic heterocycles. The molecule has 2 rings (SSSR count). The standard InChI is InChI=1S/C17H20FNO2/c1-4-19-11-12-5-7-15(18)14(9-12)13-6-8-16(20-2)17(10-13)21-3/h5-10,19H,4,11H2,1-3H3. The number of rotatable bonds is 6. The van der Waals surface area contributed by atoms with E-state index in [1.54, 1.807) is 32.4 Å². The highest BCUT2D eigenvalue weighted by atomic mass is 19.1. The fourth-order valence-electron chi connectivity index (χ4n) is 2.18. The number of ether oxygens (including phenoxy) is 2. The number of benzene rings is 2. The third kappa shape index (κ3) is 3.52. The van der Waals surface area contributed by atoms with Crippen molar-refractivity contribution in [1.82, 2.24) is 5.32 Å². The molecule has 0 spiro atoms. The van der Waals surface area contributed by atoms with Crippen molar-refractivity contribution in [3.63, 3.8) is 0 Å². The first-order valence-electron chi connectivity index (χ1n) is 6.91. The molecule has 0 aliphatic heterocycles. The second kappa shape index (κ2) is 7.09. The summed E-state index contributed by atoms with van der Waals surface area (Å²) in [5.41, 5.74) is 2.37. The Balaban J connectivity index is 2.40. The van der Waals surface area contributed by atoms with Crippen LogP contribution in [-0.4, -0.2) is 20.8 Å². The predicted molar refractivity (Wildman–Crippen MR) is 82.3 cm³/mol. The van der Waals surface area contributed by atoms with Gasteiger partial charge in [0.05, 0.1) is 14.2 Å². The Morgan fingerprint density at radius 1 is 1.00 bits per heavy atom. The molecule has 0 saturated carbocycles. The summed E-state index contributed by atoms with van der Waals surface area (Å²) >= 11 is 0. The smallest absolute Gasteiger partial charge is 0.161 e. The summed E-state index contributed by atoms with van der Waals surface area (Å²) in [6.45, 7) is 3.64. The molecule has 4 heteroatoms. The summed E-state index contributed by atoms with van der Waals surface area (Å²) in [4.78, 5) is 0. The first-order valence-corrected chi connectivity index (χ1v) is 6.91. The monoisotopic (exact) mass is 289 g/mol. The third-order valence-electron chi connectivity index (χ3n) is 3.30. The highest BCUT2D eigenvalue weighted by Crippen LogP contribution is 2.33. The number of methoxy groups -OCH3 is 2. The summed E-state index contributed by atoms with van der Waals surface area (Å²) in [6.07, 6.45) is 0. The van der Waals surface area contributed by atoms with E-state index < -0.39 is 0 Å². The van der Waals surface area contributed by atoms with Crippen LogP contribution in [0.1, 0.15) is 12.5 Å². The van der Waals surface area contributed by atoms with E-state index in [0.717, 1.165) is 24.2 Å². The van der Waals surface area contributed by atoms with E-state index >= 15 is 0 Å². The average Bonchev–Trinajstić information content (AvgIpc) is 2.53. The van der Waals surface area contributed by atoms with Crippen LogP contribution in [-0.2, 0) is 6.54 Å². The Hall–Kier alpha value is -2.07. The summed E-state index contributed by atoms with van der Waals surface area (Å²) in [6, 6.07) is 10.6. The van der Waals surface area contributed by atoms with Gasteiger partial charge in [0.1, 0.15) is 5.82 Å². The lowest BCUT2D eigenvalue weighted by Gasteiger charge is -2.11. The van der Waals surface area contributed by atoms with Gasteiger partial charge in [0, 0.05) is 12.1 Å². The molecule has 0 radical (unpaired) electrons. The number of nitrogens with one attached hydrogen (secondary N) is 1. The van der Waals surface area contributed by atoms with E-state index in [4.69, 9.17) is 9.47 Å². The molecular formula is C17H20FNO2. The van der Waals surface area contributed by atoms with Gasteiger partial charge < -0.3 is 14.8 Å².